The number of nitrogens with one attached hydrogen (secondary N) is 1. The van der Waals surface area contributed by atoms with Crippen molar-refractivity contribution >= 4 is 29.3 Å². The number of carbonyl (C=O) groups is 1. The van der Waals surface area contributed by atoms with Crippen molar-refractivity contribution < 1.29 is 4.79 Å². The van der Waals surface area contributed by atoms with Crippen LogP contribution in [0.5, 0.6) is 0 Å². The third-order valence-corrected chi connectivity index (χ3v) is 5.39. The van der Waals surface area contributed by atoms with Gasteiger partial charge < -0.3 is 9.88 Å². The van der Waals surface area contributed by atoms with Crippen molar-refractivity contribution in [1.29, 1.82) is 0 Å². The molecule has 3 rings (SSSR count). The minimum Gasteiger partial charge on any atom is -0.351 e. The van der Waals surface area contributed by atoms with Gasteiger partial charge >= 0.3 is 0 Å². The minimum atomic E-state index is -0.0388. The Morgan fingerprint density at radius 2 is 1.96 bits per heavy atom. The summed E-state index contributed by atoms with van der Waals surface area (Å²) in [5, 5.41) is 13.1. The summed E-state index contributed by atoms with van der Waals surface area (Å²) in [5.41, 5.74) is 3.23. The number of hydrogen-bond donors (Lipinski definition) is 1. The molecule has 5 nitrogen and oxygen atoms in total. The van der Waals surface area contributed by atoms with E-state index in [-0.39, 0.29) is 5.91 Å². The topological polar surface area (TPSA) is 59.8 Å². The molecule has 1 N–H and O–H groups in total. The average Bonchev–Trinajstić information content (AvgIpc) is 3.09. The number of aromatic nitrogens is 3. The second kappa shape index (κ2) is 9.75. The van der Waals surface area contributed by atoms with Crippen LogP contribution >= 0.6 is 23.4 Å². The first-order chi connectivity index (χ1) is 13.6. The summed E-state index contributed by atoms with van der Waals surface area (Å²) in [5.74, 6) is 1.10. The molecule has 0 aliphatic carbocycles. The zero-order chi connectivity index (χ0) is 19.9. The third kappa shape index (κ3) is 5.36. The average molecular weight is 415 g/mol. The van der Waals surface area contributed by atoms with Gasteiger partial charge in [0, 0.05) is 23.7 Å². The van der Waals surface area contributed by atoms with Crippen molar-refractivity contribution in [3.63, 3.8) is 0 Å². The Labute approximate surface area is 174 Å². The summed E-state index contributed by atoms with van der Waals surface area (Å²) in [4.78, 5) is 12.2. The Hall–Kier alpha value is -2.31. The van der Waals surface area contributed by atoms with Crippen LogP contribution in [0.1, 0.15) is 24.5 Å². The highest BCUT2D eigenvalue weighted by molar-refractivity contribution is 7.99. The van der Waals surface area contributed by atoms with Crippen LogP contribution in [0.25, 0.3) is 11.4 Å². The SMILES string of the molecule is CCCn1c(SCC(=O)NCc2ccc(Cl)cc2)nnc1-c1cccc(C)c1. The van der Waals surface area contributed by atoms with Crippen molar-refractivity contribution in [2.24, 2.45) is 0 Å². The standard InChI is InChI=1S/C21H23ClN4OS/c1-3-11-26-20(17-6-4-5-15(2)12-17)24-25-21(26)28-14-19(27)23-13-16-7-9-18(22)10-8-16/h4-10,12H,3,11,13-14H2,1-2H3,(H,23,27). The van der Waals surface area contributed by atoms with Crippen LogP contribution in [-0.4, -0.2) is 26.4 Å². The predicted molar refractivity (Wildman–Crippen MR) is 115 cm³/mol. The fraction of sp³-hybridized carbons (Fsp3) is 0.286. The number of hydrogen-bond acceptors (Lipinski definition) is 4. The first-order valence-electron chi connectivity index (χ1n) is 9.21. The number of carbonyl (C=O) groups excluding carboxylic acids is 1. The highest BCUT2D eigenvalue weighted by Gasteiger charge is 2.15. The first-order valence-corrected chi connectivity index (χ1v) is 10.6. The second-order valence-electron chi connectivity index (χ2n) is 6.52. The molecule has 28 heavy (non-hydrogen) atoms. The lowest BCUT2D eigenvalue weighted by Crippen LogP contribution is -2.24. The van der Waals surface area contributed by atoms with E-state index in [1.54, 1.807) is 0 Å². The number of amides is 1. The Kier molecular flexibility index (Phi) is 7.12. The fourth-order valence-electron chi connectivity index (χ4n) is 2.80. The molecule has 3 aromatic rings. The third-order valence-electron chi connectivity index (χ3n) is 4.18. The molecule has 0 saturated heterocycles. The van der Waals surface area contributed by atoms with Gasteiger partial charge in [-0.1, -0.05) is 66.2 Å². The second-order valence-corrected chi connectivity index (χ2v) is 7.90. The van der Waals surface area contributed by atoms with E-state index in [0.29, 0.717) is 17.3 Å². The van der Waals surface area contributed by atoms with Crippen LogP contribution in [0.4, 0.5) is 0 Å². The quantitative estimate of drug-likeness (QED) is 0.541. The summed E-state index contributed by atoms with van der Waals surface area (Å²) in [6, 6.07) is 15.7. The number of rotatable bonds is 8. The van der Waals surface area contributed by atoms with Crippen LogP contribution in [0.3, 0.4) is 0 Å². The summed E-state index contributed by atoms with van der Waals surface area (Å²) in [7, 11) is 0. The van der Waals surface area contributed by atoms with E-state index >= 15 is 0 Å². The van der Waals surface area contributed by atoms with Gasteiger partial charge in [0.2, 0.25) is 5.91 Å². The lowest BCUT2D eigenvalue weighted by molar-refractivity contribution is -0.118. The van der Waals surface area contributed by atoms with Crippen LogP contribution < -0.4 is 5.32 Å². The minimum absolute atomic E-state index is 0.0388. The highest BCUT2D eigenvalue weighted by atomic mass is 35.5. The van der Waals surface area contributed by atoms with Gasteiger partial charge in [-0.2, -0.15) is 0 Å². The van der Waals surface area contributed by atoms with E-state index in [1.807, 2.05) is 36.4 Å². The number of benzene rings is 2. The summed E-state index contributed by atoms with van der Waals surface area (Å²) >= 11 is 7.29. The normalized spacial score (nSPS) is 10.8. The van der Waals surface area contributed by atoms with E-state index in [0.717, 1.165) is 35.1 Å². The first kappa shape index (κ1) is 20.4. The molecular formula is C21H23ClN4OS. The molecule has 1 aromatic heterocycles. The molecule has 0 atom stereocenters. The van der Waals surface area contributed by atoms with Crippen molar-refractivity contribution in [3.05, 3.63) is 64.7 Å². The molecule has 0 aliphatic rings. The Morgan fingerprint density at radius 3 is 2.68 bits per heavy atom. The maximum Gasteiger partial charge on any atom is 0.230 e. The number of nitrogens with zero attached hydrogens (tertiary/aromatic N) is 3. The van der Waals surface area contributed by atoms with Crippen molar-refractivity contribution in [3.8, 4) is 11.4 Å². The predicted octanol–water partition coefficient (Wildman–Crippen LogP) is 4.73. The molecule has 146 valence electrons. The zero-order valence-electron chi connectivity index (χ0n) is 16.0. The molecule has 0 radical (unpaired) electrons. The molecule has 0 aliphatic heterocycles. The lowest BCUT2D eigenvalue weighted by Gasteiger charge is -2.09. The van der Waals surface area contributed by atoms with Gasteiger partial charge in [-0.05, 0) is 37.1 Å². The molecule has 1 amide bonds. The summed E-state index contributed by atoms with van der Waals surface area (Å²) in [6.45, 7) is 5.47. The molecule has 0 spiro atoms. The molecule has 0 saturated carbocycles. The van der Waals surface area contributed by atoms with Gasteiger partial charge in [0.05, 0.1) is 5.75 Å². The van der Waals surface area contributed by atoms with Gasteiger partial charge in [-0.3, -0.25) is 4.79 Å². The molecule has 0 fully saturated rings. The summed E-state index contributed by atoms with van der Waals surface area (Å²) < 4.78 is 2.09. The number of thioether (sulfide) groups is 1. The molecule has 0 unspecified atom stereocenters. The molecule has 2 aromatic carbocycles. The maximum atomic E-state index is 12.2. The van der Waals surface area contributed by atoms with Gasteiger partial charge in [0.15, 0.2) is 11.0 Å². The zero-order valence-corrected chi connectivity index (χ0v) is 17.6. The van der Waals surface area contributed by atoms with Gasteiger partial charge in [0.25, 0.3) is 0 Å². The van der Waals surface area contributed by atoms with E-state index in [2.05, 4.69) is 46.1 Å². The monoisotopic (exact) mass is 414 g/mol. The Balaban J connectivity index is 1.63. The maximum absolute atomic E-state index is 12.2. The van der Waals surface area contributed by atoms with Crippen molar-refractivity contribution in [2.45, 2.75) is 38.5 Å². The van der Waals surface area contributed by atoms with Crippen LogP contribution in [0.2, 0.25) is 5.02 Å². The number of halogens is 1. The van der Waals surface area contributed by atoms with E-state index < -0.39 is 0 Å². The van der Waals surface area contributed by atoms with E-state index in [1.165, 1.54) is 17.3 Å². The number of aryl methyl sites for hydroxylation is 1. The van der Waals surface area contributed by atoms with Crippen LogP contribution in [0, 0.1) is 6.92 Å². The van der Waals surface area contributed by atoms with E-state index in [4.69, 9.17) is 11.6 Å². The van der Waals surface area contributed by atoms with Crippen LogP contribution in [0.15, 0.2) is 53.7 Å². The van der Waals surface area contributed by atoms with Crippen molar-refractivity contribution in [1.82, 2.24) is 20.1 Å². The Bertz CT molecular complexity index is 940. The van der Waals surface area contributed by atoms with Gasteiger partial charge in [0.1, 0.15) is 0 Å². The Morgan fingerprint density at radius 1 is 1.18 bits per heavy atom. The lowest BCUT2D eigenvalue weighted by atomic mass is 10.1. The van der Waals surface area contributed by atoms with Gasteiger partial charge in [-0.25, -0.2) is 0 Å². The van der Waals surface area contributed by atoms with Crippen molar-refractivity contribution in [2.75, 3.05) is 5.75 Å². The molecule has 7 heteroatoms. The van der Waals surface area contributed by atoms with E-state index in [9.17, 15) is 4.79 Å². The van der Waals surface area contributed by atoms with Gasteiger partial charge in [-0.15, -0.1) is 10.2 Å². The fourth-order valence-corrected chi connectivity index (χ4v) is 3.72. The molecular weight excluding hydrogens is 392 g/mol. The largest absolute Gasteiger partial charge is 0.351 e. The molecule has 1 heterocycles. The van der Waals surface area contributed by atoms with Crippen LogP contribution in [-0.2, 0) is 17.9 Å². The molecule has 0 bridgehead atoms. The smallest absolute Gasteiger partial charge is 0.230 e. The summed E-state index contributed by atoms with van der Waals surface area (Å²) in [6.07, 6.45) is 0.965. The highest BCUT2D eigenvalue weighted by Crippen LogP contribution is 2.25.